The molecule has 2 aliphatic rings. The lowest BCUT2D eigenvalue weighted by molar-refractivity contribution is -0.118. The molecule has 0 spiro atoms. The van der Waals surface area contributed by atoms with Crippen molar-refractivity contribution in [1.82, 2.24) is 4.98 Å². The third-order valence-electron chi connectivity index (χ3n) is 5.80. The van der Waals surface area contributed by atoms with Crippen molar-refractivity contribution in [3.05, 3.63) is 77.1 Å². The van der Waals surface area contributed by atoms with Gasteiger partial charge < -0.3 is 10.4 Å². The van der Waals surface area contributed by atoms with E-state index in [2.05, 4.69) is 36.3 Å². The van der Waals surface area contributed by atoms with Crippen LogP contribution >= 0.6 is 0 Å². The Balaban J connectivity index is 1.83. The number of phenols is 1. The number of aromatic hydroxyl groups is 1. The Kier molecular flexibility index (Phi) is 3.60. The molecule has 0 bridgehead atoms. The number of rotatable bonds is 1. The lowest BCUT2D eigenvalue weighted by Gasteiger charge is -2.39. The highest BCUT2D eigenvalue weighted by Crippen LogP contribution is 2.50. The topological polar surface area (TPSA) is 62.2 Å². The van der Waals surface area contributed by atoms with E-state index in [4.69, 9.17) is 0 Å². The molecule has 1 unspecified atom stereocenters. The summed E-state index contributed by atoms with van der Waals surface area (Å²) in [4.78, 5) is 17.9. The van der Waals surface area contributed by atoms with Gasteiger partial charge in [-0.05, 0) is 41.7 Å². The Morgan fingerprint density at radius 3 is 2.79 bits per heavy atom. The molecule has 2 N–H and O–H groups in total. The van der Waals surface area contributed by atoms with E-state index in [1.165, 1.54) is 0 Å². The van der Waals surface area contributed by atoms with E-state index in [0.29, 0.717) is 6.42 Å². The maximum atomic E-state index is 13.3. The van der Waals surface area contributed by atoms with Crippen LogP contribution in [0.2, 0.25) is 0 Å². The van der Waals surface area contributed by atoms with Crippen LogP contribution in [0.25, 0.3) is 10.9 Å². The van der Waals surface area contributed by atoms with Crippen LogP contribution < -0.4 is 5.32 Å². The molecule has 0 radical (unpaired) electrons. The number of hydrogen-bond donors (Lipinski definition) is 2. The van der Waals surface area contributed by atoms with Crippen molar-refractivity contribution in [2.45, 2.75) is 32.6 Å². The summed E-state index contributed by atoms with van der Waals surface area (Å²) in [6, 6.07) is 15.3. The molecule has 4 nitrogen and oxygen atoms in total. The quantitative estimate of drug-likeness (QED) is 0.622. The summed E-state index contributed by atoms with van der Waals surface area (Å²) in [6.07, 6.45) is 3.14. The number of hydrogen-bond acceptors (Lipinski definition) is 4. The number of aromatic nitrogens is 1. The van der Waals surface area contributed by atoms with Crippen LogP contribution in [0.3, 0.4) is 0 Å². The lowest BCUT2D eigenvalue weighted by atomic mass is 9.68. The van der Waals surface area contributed by atoms with Crippen molar-refractivity contribution < 1.29 is 9.90 Å². The zero-order chi connectivity index (χ0) is 19.5. The zero-order valence-corrected chi connectivity index (χ0v) is 16.0. The minimum absolute atomic E-state index is 0.0705. The number of anilines is 1. The van der Waals surface area contributed by atoms with E-state index in [1.54, 1.807) is 18.3 Å². The second-order valence-corrected chi connectivity index (χ2v) is 8.59. The summed E-state index contributed by atoms with van der Waals surface area (Å²) in [5, 5.41) is 14.7. The van der Waals surface area contributed by atoms with Gasteiger partial charge in [-0.1, -0.05) is 38.1 Å². The Bertz CT molecular complexity index is 1160. The molecule has 0 fully saturated rings. The summed E-state index contributed by atoms with van der Waals surface area (Å²) in [6.45, 7) is 4.27. The smallest absolute Gasteiger partial charge is 0.162 e. The Labute approximate surface area is 163 Å². The van der Waals surface area contributed by atoms with Gasteiger partial charge in [0, 0.05) is 46.4 Å². The normalized spacial score (nSPS) is 20.5. The first-order valence-corrected chi connectivity index (χ1v) is 9.63. The molecule has 140 valence electrons. The zero-order valence-electron chi connectivity index (χ0n) is 16.0. The van der Waals surface area contributed by atoms with Crippen molar-refractivity contribution in [2.75, 3.05) is 5.32 Å². The average molecular weight is 370 g/mol. The van der Waals surface area contributed by atoms with Crippen molar-refractivity contribution >= 4 is 22.4 Å². The number of Topliss-reactive ketones (excluding diaryl/α,β-unsaturated/α-hetero) is 1. The van der Waals surface area contributed by atoms with E-state index in [1.807, 2.05) is 24.3 Å². The lowest BCUT2D eigenvalue weighted by Crippen LogP contribution is -2.34. The Hall–Kier alpha value is -3.14. The van der Waals surface area contributed by atoms with Crippen LogP contribution in [0, 0.1) is 5.41 Å². The van der Waals surface area contributed by atoms with Crippen LogP contribution in [-0.2, 0) is 4.79 Å². The number of allylic oxidation sites excluding steroid dienone is 2. The van der Waals surface area contributed by atoms with Gasteiger partial charge in [0.2, 0.25) is 0 Å². The molecule has 1 atom stereocenters. The van der Waals surface area contributed by atoms with E-state index in [-0.39, 0.29) is 22.9 Å². The van der Waals surface area contributed by atoms with Crippen LogP contribution in [0.4, 0.5) is 5.69 Å². The van der Waals surface area contributed by atoms with E-state index < -0.39 is 0 Å². The molecule has 2 aromatic carbocycles. The molecule has 0 amide bonds. The number of carbonyl (C=O) groups is 1. The van der Waals surface area contributed by atoms with E-state index >= 15 is 0 Å². The van der Waals surface area contributed by atoms with Gasteiger partial charge in [0.25, 0.3) is 0 Å². The predicted octanol–water partition coefficient (Wildman–Crippen LogP) is 5.14. The number of ketones is 1. The molecule has 4 heteroatoms. The highest BCUT2D eigenvalue weighted by molar-refractivity contribution is 6.03. The minimum atomic E-state index is -0.236. The van der Waals surface area contributed by atoms with Gasteiger partial charge in [-0.25, -0.2) is 0 Å². The minimum Gasteiger partial charge on any atom is -0.508 e. The molecule has 0 saturated heterocycles. The van der Waals surface area contributed by atoms with Crippen LogP contribution in [0.5, 0.6) is 5.75 Å². The number of carbonyl (C=O) groups excluding carboxylic acids is 1. The first-order valence-electron chi connectivity index (χ1n) is 9.63. The standard InChI is InChI=1S/C24H22N2O2/c1-24(2)12-18-21(19(28)13-24)20(15-5-3-7-16(27)11-15)22-17(26-18)9-8-14-6-4-10-25-23(14)22/h3-11,20,26-27H,12-13H2,1-2H3. The molecule has 1 aliphatic heterocycles. The fraction of sp³-hybridized carbons (Fsp3) is 0.250. The number of benzene rings is 2. The average Bonchev–Trinajstić information content (AvgIpc) is 2.65. The highest BCUT2D eigenvalue weighted by Gasteiger charge is 2.41. The molecule has 1 aliphatic carbocycles. The summed E-state index contributed by atoms with van der Waals surface area (Å²) < 4.78 is 0. The highest BCUT2D eigenvalue weighted by atomic mass is 16.3. The maximum Gasteiger partial charge on any atom is 0.162 e. The number of pyridine rings is 1. The van der Waals surface area contributed by atoms with E-state index in [9.17, 15) is 9.90 Å². The van der Waals surface area contributed by atoms with Gasteiger partial charge in [-0.15, -0.1) is 0 Å². The third-order valence-corrected chi connectivity index (χ3v) is 5.80. The molecule has 28 heavy (non-hydrogen) atoms. The SMILES string of the molecule is CC1(C)CC(=O)C2=C(C1)Nc1ccc3cccnc3c1C2c1cccc(O)c1. The van der Waals surface area contributed by atoms with Crippen LogP contribution in [-0.4, -0.2) is 15.9 Å². The summed E-state index contributed by atoms with van der Waals surface area (Å²) in [5.41, 5.74) is 5.55. The third kappa shape index (κ3) is 2.60. The summed E-state index contributed by atoms with van der Waals surface area (Å²) >= 11 is 0. The summed E-state index contributed by atoms with van der Waals surface area (Å²) in [5.74, 6) is 0.141. The van der Waals surface area contributed by atoms with Crippen molar-refractivity contribution in [3.8, 4) is 5.75 Å². The first-order chi connectivity index (χ1) is 13.4. The number of nitrogens with one attached hydrogen (secondary N) is 1. The van der Waals surface area contributed by atoms with Gasteiger partial charge in [0.15, 0.2) is 5.78 Å². The molecule has 2 heterocycles. The van der Waals surface area contributed by atoms with Crippen LogP contribution in [0.15, 0.2) is 66.0 Å². The summed E-state index contributed by atoms with van der Waals surface area (Å²) in [7, 11) is 0. The van der Waals surface area contributed by atoms with Gasteiger partial charge in [-0.3, -0.25) is 9.78 Å². The van der Waals surface area contributed by atoms with E-state index in [0.717, 1.165) is 45.4 Å². The second kappa shape index (κ2) is 5.93. The number of nitrogens with zero attached hydrogens (tertiary/aromatic N) is 1. The fourth-order valence-corrected chi connectivity index (χ4v) is 4.69. The largest absolute Gasteiger partial charge is 0.508 e. The van der Waals surface area contributed by atoms with Crippen molar-refractivity contribution in [2.24, 2.45) is 5.41 Å². The van der Waals surface area contributed by atoms with Gasteiger partial charge in [0.1, 0.15) is 5.75 Å². The molecule has 5 rings (SSSR count). The van der Waals surface area contributed by atoms with Gasteiger partial charge in [-0.2, -0.15) is 0 Å². The fourth-order valence-electron chi connectivity index (χ4n) is 4.69. The maximum absolute atomic E-state index is 13.3. The van der Waals surface area contributed by atoms with Crippen molar-refractivity contribution in [3.63, 3.8) is 0 Å². The predicted molar refractivity (Wildman–Crippen MR) is 110 cm³/mol. The van der Waals surface area contributed by atoms with Gasteiger partial charge in [0.05, 0.1) is 5.52 Å². The Morgan fingerprint density at radius 2 is 1.96 bits per heavy atom. The monoisotopic (exact) mass is 370 g/mol. The number of fused-ring (bicyclic) bond motifs is 3. The first kappa shape index (κ1) is 17.0. The second-order valence-electron chi connectivity index (χ2n) is 8.59. The molecular formula is C24H22N2O2. The molecule has 1 aromatic heterocycles. The Morgan fingerprint density at radius 1 is 1.11 bits per heavy atom. The van der Waals surface area contributed by atoms with Gasteiger partial charge >= 0.3 is 0 Å². The van der Waals surface area contributed by atoms with Crippen LogP contribution in [0.1, 0.15) is 43.7 Å². The molecular weight excluding hydrogens is 348 g/mol. The van der Waals surface area contributed by atoms with Crippen molar-refractivity contribution in [1.29, 1.82) is 0 Å². The molecule has 0 saturated carbocycles. The number of phenolic OH excluding ortho intramolecular Hbond substituents is 1. The molecule has 3 aromatic rings.